The first kappa shape index (κ1) is 17.9. The molecule has 0 aromatic heterocycles. The molecular weight excluding hydrogens is 343 g/mol. The average molecular weight is 364 g/mol. The third-order valence-corrected chi connectivity index (χ3v) is 5.29. The van der Waals surface area contributed by atoms with Crippen molar-refractivity contribution >= 4 is 34.7 Å². The normalized spacial score (nSPS) is 20.0. The molecule has 0 radical (unpaired) electrons. The number of halogens is 1. The molecule has 3 rings (SSSR count). The fraction of sp³-hybridized carbons (Fsp3) is 0.444. The number of nitrogens with zero attached hydrogens (tertiary/aromatic N) is 2. The molecule has 134 valence electrons. The zero-order valence-corrected chi connectivity index (χ0v) is 15.0. The summed E-state index contributed by atoms with van der Waals surface area (Å²) in [5.41, 5.74) is 1.18. The van der Waals surface area contributed by atoms with Gasteiger partial charge in [-0.15, -0.1) is 0 Å². The number of thioether (sulfide) groups is 1. The molecule has 25 heavy (non-hydrogen) atoms. The number of hydrogen-bond donors (Lipinski definition) is 0. The topological polar surface area (TPSA) is 49.9 Å². The van der Waals surface area contributed by atoms with E-state index in [-0.39, 0.29) is 29.1 Å². The van der Waals surface area contributed by atoms with E-state index in [1.807, 2.05) is 6.07 Å². The van der Waals surface area contributed by atoms with Crippen molar-refractivity contribution in [2.24, 2.45) is 0 Å². The lowest BCUT2D eigenvalue weighted by atomic mass is 10.1. The number of hydrogen-bond acceptors (Lipinski definition) is 5. The Hall–Kier alpha value is -1.86. The first-order valence-corrected chi connectivity index (χ1v) is 9.20. The molecule has 5 nitrogen and oxygen atoms in total. The van der Waals surface area contributed by atoms with Gasteiger partial charge in [-0.2, -0.15) is 0 Å². The Kier molecular flexibility index (Phi) is 5.75. The molecule has 0 aliphatic carbocycles. The maximum absolute atomic E-state index is 14.5. The van der Waals surface area contributed by atoms with Crippen LogP contribution in [0.3, 0.4) is 0 Å². The smallest absolute Gasteiger partial charge is 0.293 e. The molecule has 2 amide bonds. The summed E-state index contributed by atoms with van der Waals surface area (Å²) in [4.78, 5) is 27.7. The second-order valence-electron chi connectivity index (χ2n) is 6.08. The van der Waals surface area contributed by atoms with E-state index in [0.717, 1.165) is 48.3 Å². The van der Waals surface area contributed by atoms with Gasteiger partial charge in [0, 0.05) is 31.5 Å². The second-order valence-corrected chi connectivity index (χ2v) is 7.07. The van der Waals surface area contributed by atoms with Crippen LogP contribution < -0.4 is 4.90 Å². The molecule has 2 fully saturated rings. The van der Waals surface area contributed by atoms with Gasteiger partial charge in [-0.1, -0.05) is 0 Å². The summed E-state index contributed by atoms with van der Waals surface area (Å²) in [6, 6.07) is 5.05. The minimum Gasteiger partial charge on any atom is -0.383 e. The van der Waals surface area contributed by atoms with Gasteiger partial charge in [0.1, 0.15) is 5.82 Å². The van der Waals surface area contributed by atoms with E-state index in [1.165, 1.54) is 25.7 Å². The van der Waals surface area contributed by atoms with E-state index in [9.17, 15) is 14.0 Å². The van der Waals surface area contributed by atoms with Gasteiger partial charge in [0.2, 0.25) is 0 Å². The minimum absolute atomic E-state index is 0.203. The van der Waals surface area contributed by atoms with Crippen LogP contribution in [-0.2, 0) is 9.53 Å². The Morgan fingerprint density at radius 2 is 2.00 bits per heavy atom. The highest BCUT2D eigenvalue weighted by atomic mass is 32.2. The Labute approximate surface area is 150 Å². The Morgan fingerprint density at radius 3 is 2.68 bits per heavy atom. The first-order chi connectivity index (χ1) is 12.1. The van der Waals surface area contributed by atoms with Gasteiger partial charge in [0.05, 0.1) is 18.1 Å². The molecule has 2 heterocycles. The van der Waals surface area contributed by atoms with Crippen LogP contribution in [0.1, 0.15) is 24.8 Å². The van der Waals surface area contributed by atoms with Crippen molar-refractivity contribution in [3.8, 4) is 0 Å². The molecule has 1 aromatic rings. The van der Waals surface area contributed by atoms with Gasteiger partial charge in [-0.3, -0.25) is 14.5 Å². The van der Waals surface area contributed by atoms with Crippen LogP contribution >= 0.6 is 11.8 Å². The Bertz CT molecular complexity index is 702. The number of methoxy groups -OCH3 is 1. The lowest BCUT2D eigenvalue weighted by Crippen LogP contribution is -2.31. The summed E-state index contributed by atoms with van der Waals surface area (Å²) in [5.74, 6) is -0.779. The molecular formula is C18H21FN2O3S. The number of carbonyl (C=O) groups excluding carboxylic acids is 2. The molecule has 7 heteroatoms. The van der Waals surface area contributed by atoms with Crippen molar-refractivity contribution in [2.75, 3.05) is 38.3 Å². The van der Waals surface area contributed by atoms with E-state index >= 15 is 0 Å². The molecule has 0 bridgehead atoms. The monoisotopic (exact) mass is 364 g/mol. The Balaban J connectivity index is 1.77. The van der Waals surface area contributed by atoms with E-state index < -0.39 is 5.91 Å². The van der Waals surface area contributed by atoms with Crippen LogP contribution in [-0.4, -0.2) is 49.4 Å². The molecule has 0 atom stereocenters. The molecule has 2 aliphatic rings. The standard InChI is InChI=1S/C18H21FN2O3S/c1-24-10-9-21-17(22)16(25-18(21)23)11-13-5-6-14(12-15(13)19)20-7-3-2-4-8-20/h5-6,11-12H,2-4,7-10H2,1H3/b16-11+. The fourth-order valence-electron chi connectivity index (χ4n) is 3.00. The van der Waals surface area contributed by atoms with E-state index in [2.05, 4.69) is 4.90 Å². The van der Waals surface area contributed by atoms with Crippen LogP contribution in [0.25, 0.3) is 6.08 Å². The number of amides is 2. The predicted molar refractivity (Wildman–Crippen MR) is 97.0 cm³/mol. The highest BCUT2D eigenvalue weighted by Crippen LogP contribution is 2.33. The first-order valence-electron chi connectivity index (χ1n) is 8.39. The van der Waals surface area contributed by atoms with Gasteiger partial charge in [-0.25, -0.2) is 4.39 Å². The lowest BCUT2D eigenvalue weighted by Gasteiger charge is -2.28. The van der Waals surface area contributed by atoms with Crippen LogP contribution in [0, 0.1) is 5.82 Å². The van der Waals surface area contributed by atoms with E-state index in [1.54, 1.807) is 6.07 Å². The van der Waals surface area contributed by atoms with E-state index in [4.69, 9.17) is 4.74 Å². The van der Waals surface area contributed by atoms with Gasteiger partial charge in [0.25, 0.3) is 11.1 Å². The van der Waals surface area contributed by atoms with Crippen molar-refractivity contribution in [3.05, 3.63) is 34.5 Å². The summed E-state index contributed by atoms with van der Waals surface area (Å²) in [7, 11) is 1.51. The summed E-state index contributed by atoms with van der Waals surface area (Å²) in [5, 5.41) is -0.348. The highest BCUT2D eigenvalue weighted by Gasteiger charge is 2.34. The second kappa shape index (κ2) is 8.01. The average Bonchev–Trinajstić information content (AvgIpc) is 2.89. The molecule has 0 N–H and O–H groups in total. The van der Waals surface area contributed by atoms with Crippen LogP contribution in [0.5, 0.6) is 0 Å². The van der Waals surface area contributed by atoms with Gasteiger partial charge in [0.15, 0.2) is 0 Å². The predicted octanol–water partition coefficient (Wildman–Crippen LogP) is 3.50. The molecule has 2 aliphatic heterocycles. The quantitative estimate of drug-likeness (QED) is 0.749. The minimum atomic E-state index is -0.397. The largest absolute Gasteiger partial charge is 0.383 e. The number of rotatable bonds is 5. The number of anilines is 1. The molecule has 1 aromatic carbocycles. The number of benzene rings is 1. The van der Waals surface area contributed by atoms with Crippen LogP contribution in [0.15, 0.2) is 23.1 Å². The number of carbonyl (C=O) groups is 2. The highest BCUT2D eigenvalue weighted by molar-refractivity contribution is 8.18. The van der Waals surface area contributed by atoms with Gasteiger partial charge >= 0.3 is 0 Å². The van der Waals surface area contributed by atoms with Crippen molar-refractivity contribution in [1.82, 2.24) is 4.90 Å². The van der Waals surface area contributed by atoms with Crippen molar-refractivity contribution in [1.29, 1.82) is 0 Å². The van der Waals surface area contributed by atoms with Crippen molar-refractivity contribution in [3.63, 3.8) is 0 Å². The third kappa shape index (κ3) is 4.04. The maximum atomic E-state index is 14.5. The zero-order valence-electron chi connectivity index (χ0n) is 14.2. The van der Waals surface area contributed by atoms with Crippen molar-refractivity contribution < 1.29 is 18.7 Å². The zero-order chi connectivity index (χ0) is 17.8. The SMILES string of the molecule is COCCN1C(=O)S/C(=C/c2ccc(N3CCCCC3)cc2F)C1=O. The number of imide groups is 1. The van der Waals surface area contributed by atoms with E-state index in [0.29, 0.717) is 5.56 Å². The summed E-state index contributed by atoms with van der Waals surface area (Å²) in [6.07, 6.45) is 4.92. The maximum Gasteiger partial charge on any atom is 0.293 e. The molecule has 2 saturated heterocycles. The van der Waals surface area contributed by atoms with Crippen LogP contribution in [0.2, 0.25) is 0 Å². The number of piperidine rings is 1. The third-order valence-electron chi connectivity index (χ3n) is 4.38. The van der Waals surface area contributed by atoms with Crippen LogP contribution in [0.4, 0.5) is 14.9 Å². The summed E-state index contributed by atoms with van der Waals surface area (Å²) in [6.45, 7) is 2.37. The van der Waals surface area contributed by atoms with Gasteiger partial charge < -0.3 is 9.64 Å². The molecule has 0 unspecified atom stereocenters. The molecule has 0 spiro atoms. The lowest BCUT2D eigenvalue weighted by molar-refractivity contribution is -0.123. The van der Waals surface area contributed by atoms with Crippen molar-refractivity contribution in [2.45, 2.75) is 19.3 Å². The summed E-state index contributed by atoms with van der Waals surface area (Å²) >= 11 is 0.834. The Morgan fingerprint density at radius 1 is 1.24 bits per heavy atom. The molecule has 0 saturated carbocycles. The summed E-state index contributed by atoms with van der Waals surface area (Å²) < 4.78 is 19.4. The fourth-order valence-corrected chi connectivity index (χ4v) is 3.85. The number of ether oxygens (including phenoxy) is 1. The van der Waals surface area contributed by atoms with Gasteiger partial charge in [-0.05, 0) is 55.3 Å².